The van der Waals surface area contributed by atoms with Crippen molar-refractivity contribution in [2.75, 3.05) is 6.61 Å². The van der Waals surface area contributed by atoms with E-state index in [0.29, 0.717) is 6.04 Å². The summed E-state index contributed by atoms with van der Waals surface area (Å²) in [5.41, 5.74) is 1.00. The quantitative estimate of drug-likeness (QED) is 0.725. The molecule has 1 fully saturated rings. The third-order valence-corrected chi connectivity index (χ3v) is 3.19. The second kappa shape index (κ2) is 3.21. The molecule has 2 heterocycles. The van der Waals surface area contributed by atoms with Gasteiger partial charge in [-0.2, -0.15) is 0 Å². The summed E-state index contributed by atoms with van der Waals surface area (Å²) in [4.78, 5) is 3.14. The Morgan fingerprint density at radius 3 is 2.79 bits per heavy atom. The summed E-state index contributed by atoms with van der Waals surface area (Å²) in [6, 6.07) is 0.361. The molecule has 1 aliphatic heterocycles. The molecule has 0 aromatic carbocycles. The molecule has 0 saturated carbocycles. The number of ether oxygens (including phenoxy) is 1. The van der Waals surface area contributed by atoms with Crippen molar-refractivity contribution in [3.8, 4) is 0 Å². The van der Waals surface area contributed by atoms with Gasteiger partial charge in [-0.25, -0.2) is 0 Å². The van der Waals surface area contributed by atoms with E-state index >= 15 is 0 Å². The molecule has 0 spiro atoms. The first-order valence-corrected chi connectivity index (χ1v) is 5.33. The van der Waals surface area contributed by atoms with Crippen molar-refractivity contribution in [2.45, 2.75) is 38.8 Å². The number of imidazole rings is 1. The molecule has 0 aliphatic carbocycles. The summed E-state index contributed by atoms with van der Waals surface area (Å²) in [7, 11) is 0. The molecule has 1 saturated heterocycles. The van der Waals surface area contributed by atoms with Crippen molar-refractivity contribution in [2.24, 2.45) is 0 Å². The third-order valence-electron chi connectivity index (χ3n) is 2.87. The molecule has 14 heavy (non-hydrogen) atoms. The maximum Gasteiger partial charge on any atom is 0.177 e. The number of aryl methyl sites for hydroxylation is 1. The van der Waals surface area contributed by atoms with Crippen LogP contribution in [0, 0.1) is 11.7 Å². The van der Waals surface area contributed by atoms with Crippen molar-refractivity contribution in [1.82, 2.24) is 9.55 Å². The number of aromatic nitrogens is 2. The maximum absolute atomic E-state index is 5.69. The highest BCUT2D eigenvalue weighted by Gasteiger charge is 2.37. The molecule has 1 atom stereocenters. The van der Waals surface area contributed by atoms with Crippen LogP contribution < -0.4 is 0 Å². The van der Waals surface area contributed by atoms with Gasteiger partial charge in [-0.3, -0.25) is 0 Å². The van der Waals surface area contributed by atoms with Gasteiger partial charge in [0.25, 0.3) is 0 Å². The molecule has 1 aliphatic rings. The van der Waals surface area contributed by atoms with Crippen LogP contribution in [0.1, 0.15) is 32.0 Å². The van der Waals surface area contributed by atoms with Crippen molar-refractivity contribution in [3.05, 3.63) is 16.7 Å². The molecule has 1 N–H and O–H groups in total. The van der Waals surface area contributed by atoms with Crippen LogP contribution >= 0.6 is 12.2 Å². The molecule has 0 radical (unpaired) electrons. The lowest BCUT2D eigenvalue weighted by atomic mass is 9.99. The second-order valence-corrected chi connectivity index (χ2v) is 4.79. The molecule has 2 rings (SSSR count). The lowest BCUT2D eigenvalue weighted by molar-refractivity contribution is 0.0141. The molecule has 3 nitrogen and oxygen atoms in total. The Morgan fingerprint density at radius 1 is 1.64 bits per heavy atom. The topological polar surface area (TPSA) is 29.9 Å². The fourth-order valence-corrected chi connectivity index (χ4v) is 2.46. The highest BCUT2D eigenvalue weighted by Crippen LogP contribution is 2.35. The number of nitrogens with zero attached hydrogens (tertiary/aromatic N) is 1. The lowest BCUT2D eigenvalue weighted by Gasteiger charge is -2.26. The zero-order chi connectivity index (χ0) is 10.3. The van der Waals surface area contributed by atoms with Crippen LogP contribution in [0.15, 0.2) is 6.20 Å². The normalized spacial score (nSPS) is 25.5. The van der Waals surface area contributed by atoms with Gasteiger partial charge in [0.2, 0.25) is 0 Å². The Bertz CT molecular complexity index is 391. The molecular weight excluding hydrogens is 196 g/mol. The zero-order valence-electron chi connectivity index (χ0n) is 8.83. The van der Waals surface area contributed by atoms with Gasteiger partial charge in [0.05, 0.1) is 11.6 Å². The van der Waals surface area contributed by atoms with E-state index in [-0.39, 0.29) is 5.60 Å². The van der Waals surface area contributed by atoms with Crippen LogP contribution in [0.2, 0.25) is 0 Å². The fraction of sp³-hybridized carbons (Fsp3) is 0.700. The van der Waals surface area contributed by atoms with Crippen LogP contribution in [0.25, 0.3) is 0 Å². The Hall–Kier alpha value is -0.610. The van der Waals surface area contributed by atoms with Gasteiger partial charge in [0.1, 0.15) is 0 Å². The molecular formula is C10H16N2OS. The number of hydrogen-bond acceptors (Lipinski definition) is 2. The van der Waals surface area contributed by atoms with E-state index in [0.717, 1.165) is 23.5 Å². The molecule has 0 amide bonds. The molecule has 1 unspecified atom stereocenters. The average Bonchev–Trinajstić information content (AvgIpc) is 2.54. The second-order valence-electron chi connectivity index (χ2n) is 4.41. The third kappa shape index (κ3) is 1.53. The predicted molar refractivity (Wildman–Crippen MR) is 58.0 cm³/mol. The Morgan fingerprint density at radius 2 is 2.36 bits per heavy atom. The number of nitrogens with one attached hydrogen (secondary N) is 1. The highest BCUT2D eigenvalue weighted by atomic mass is 32.1. The molecule has 0 bridgehead atoms. The Balaban J connectivity index is 2.40. The van der Waals surface area contributed by atoms with Crippen LogP contribution in [-0.2, 0) is 4.74 Å². The van der Waals surface area contributed by atoms with Gasteiger partial charge in [-0.1, -0.05) is 0 Å². The van der Waals surface area contributed by atoms with Crippen molar-refractivity contribution >= 4 is 12.2 Å². The van der Waals surface area contributed by atoms with Crippen LogP contribution in [0.4, 0.5) is 0 Å². The first-order chi connectivity index (χ1) is 6.50. The minimum atomic E-state index is -0.104. The zero-order valence-corrected chi connectivity index (χ0v) is 9.65. The first kappa shape index (κ1) is 9.93. The van der Waals surface area contributed by atoms with Crippen molar-refractivity contribution in [1.29, 1.82) is 0 Å². The van der Waals surface area contributed by atoms with Crippen molar-refractivity contribution in [3.63, 3.8) is 0 Å². The highest BCUT2D eigenvalue weighted by molar-refractivity contribution is 7.71. The van der Waals surface area contributed by atoms with E-state index in [4.69, 9.17) is 17.0 Å². The van der Waals surface area contributed by atoms with Gasteiger partial charge in [0.15, 0.2) is 4.77 Å². The summed E-state index contributed by atoms with van der Waals surface area (Å²) < 4.78 is 8.61. The smallest absolute Gasteiger partial charge is 0.177 e. The van der Waals surface area contributed by atoms with E-state index in [1.54, 1.807) is 0 Å². The summed E-state index contributed by atoms with van der Waals surface area (Å²) in [5, 5.41) is 0. The summed E-state index contributed by atoms with van der Waals surface area (Å²) >= 11 is 5.26. The van der Waals surface area contributed by atoms with E-state index in [1.165, 1.54) is 0 Å². The van der Waals surface area contributed by atoms with Gasteiger partial charge in [-0.05, 0) is 39.4 Å². The van der Waals surface area contributed by atoms with Gasteiger partial charge in [0, 0.05) is 18.5 Å². The SMILES string of the molecule is Cc1cn(C2CCOC2(C)C)c(=S)[nH]1. The summed E-state index contributed by atoms with van der Waals surface area (Å²) in [6.07, 6.45) is 3.11. The number of hydrogen-bond donors (Lipinski definition) is 1. The van der Waals surface area contributed by atoms with E-state index in [1.807, 2.05) is 6.92 Å². The maximum atomic E-state index is 5.69. The lowest BCUT2D eigenvalue weighted by Crippen LogP contribution is -2.29. The predicted octanol–water partition coefficient (Wildman–Crippen LogP) is 2.59. The molecule has 4 heteroatoms. The Labute approximate surface area is 89.1 Å². The van der Waals surface area contributed by atoms with Gasteiger partial charge in [-0.15, -0.1) is 0 Å². The number of H-pyrrole nitrogens is 1. The minimum Gasteiger partial charge on any atom is -0.373 e. The van der Waals surface area contributed by atoms with E-state index < -0.39 is 0 Å². The van der Waals surface area contributed by atoms with Crippen LogP contribution in [-0.4, -0.2) is 21.8 Å². The largest absolute Gasteiger partial charge is 0.373 e. The van der Waals surface area contributed by atoms with Crippen LogP contribution in [0.3, 0.4) is 0 Å². The molecule has 1 aromatic heterocycles. The standard InChI is InChI=1S/C10H16N2OS/c1-7-6-12(9(14)11-7)8-4-5-13-10(8,2)3/h6,8H,4-5H2,1-3H3,(H,11,14). The molecule has 78 valence electrons. The molecule has 1 aromatic rings. The average molecular weight is 212 g/mol. The van der Waals surface area contributed by atoms with E-state index in [2.05, 4.69) is 29.6 Å². The Kier molecular flexibility index (Phi) is 2.27. The van der Waals surface area contributed by atoms with Crippen LogP contribution in [0.5, 0.6) is 0 Å². The fourth-order valence-electron chi connectivity index (χ4n) is 2.12. The minimum absolute atomic E-state index is 0.104. The van der Waals surface area contributed by atoms with Crippen molar-refractivity contribution < 1.29 is 4.74 Å². The number of aromatic amines is 1. The summed E-state index contributed by atoms with van der Waals surface area (Å²) in [5.74, 6) is 0. The first-order valence-electron chi connectivity index (χ1n) is 4.92. The van der Waals surface area contributed by atoms with Gasteiger partial charge < -0.3 is 14.3 Å². The van der Waals surface area contributed by atoms with E-state index in [9.17, 15) is 0 Å². The summed E-state index contributed by atoms with van der Waals surface area (Å²) in [6.45, 7) is 7.09. The number of rotatable bonds is 1. The van der Waals surface area contributed by atoms with Gasteiger partial charge >= 0.3 is 0 Å². The monoisotopic (exact) mass is 212 g/mol.